The predicted molar refractivity (Wildman–Crippen MR) is 118 cm³/mol. The molecule has 4 unspecified atom stereocenters. The van der Waals surface area contributed by atoms with Crippen molar-refractivity contribution in [2.24, 2.45) is 22.2 Å². The van der Waals surface area contributed by atoms with E-state index in [1.165, 1.54) is 6.92 Å². The maximum atomic E-state index is 12.5. The quantitative estimate of drug-likeness (QED) is 0.0492. The van der Waals surface area contributed by atoms with Crippen LogP contribution in [0.4, 0.5) is 0 Å². The number of thiol groups is 1. The van der Waals surface area contributed by atoms with E-state index in [0.29, 0.717) is 6.42 Å². The molecule has 0 fully saturated rings. The first-order valence-electron chi connectivity index (χ1n) is 9.66. The van der Waals surface area contributed by atoms with Gasteiger partial charge in [-0.15, -0.1) is 0 Å². The van der Waals surface area contributed by atoms with Crippen LogP contribution >= 0.6 is 12.6 Å². The van der Waals surface area contributed by atoms with Gasteiger partial charge in [-0.25, -0.2) is 4.79 Å². The molecule has 0 aromatic rings. The first-order valence-corrected chi connectivity index (χ1v) is 10.3. The highest BCUT2D eigenvalue weighted by Gasteiger charge is 2.28. The Morgan fingerprint density at radius 2 is 1.53 bits per heavy atom. The highest BCUT2D eigenvalue weighted by Crippen LogP contribution is 2.03. The molecule has 0 aliphatic carbocycles. The third kappa shape index (κ3) is 11.9. The smallest absolute Gasteiger partial charge is 0.327 e. The zero-order chi connectivity index (χ0) is 24.8. The third-order valence-corrected chi connectivity index (χ3v) is 4.50. The Balaban J connectivity index is 5.00. The van der Waals surface area contributed by atoms with Crippen molar-refractivity contribution in [1.29, 1.82) is 0 Å². The molecule has 0 spiro atoms. The minimum Gasteiger partial charge on any atom is -0.481 e. The van der Waals surface area contributed by atoms with Crippen molar-refractivity contribution in [2.75, 3.05) is 12.3 Å². The Kier molecular flexibility index (Phi) is 13.4. The lowest BCUT2D eigenvalue weighted by atomic mass is 10.1. The first kappa shape index (κ1) is 28.9. The van der Waals surface area contributed by atoms with Crippen molar-refractivity contribution >= 4 is 48.2 Å². The number of carbonyl (C=O) groups excluding carboxylic acids is 3. The number of nitrogens with two attached hydrogens (primary N) is 3. The molecule has 11 N–H and O–H groups in total. The van der Waals surface area contributed by atoms with Crippen LogP contribution in [0, 0.1) is 0 Å². The van der Waals surface area contributed by atoms with Gasteiger partial charge in [0.15, 0.2) is 5.96 Å². The second-order valence-corrected chi connectivity index (χ2v) is 7.23. The Labute approximate surface area is 190 Å². The summed E-state index contributed by atoms with van der Waals surface area (Å²) in [6.07, 6.45) is -0.0870. The second-order valence-electron chi connectivity index (χ2n) is 6.86. The van der Waals surface area contributed by atoms with Crippen molar-refractivity contribution in [1.82, 2.24) is 16.0 Å². The average Bonchev–Trinajstić information content (AvgIpc) is 2.70. The largest absolute Gasteiger partial charge is 0.481 e. The highest BCUT2D eigenvalue weighted by molar-refractivity contribution is 7.80. The summed E-state index contributed by atoms with van der Waals surface area (Å²) in [5, 5.41) is 24.7. The molecule has 15 heteroatoms. The summed E-state index contributed by atoms with van der Waals surface area (Å²) in [7, 11) is 0. The van der Waals surface area contributed by atoms with E-state index < -0.39 is 60.2 Å². The molecule has 0 aromatic heterocycles. The Hall–Kier alpha value is -3.07. The summed E-state index contributed by atoms with van der Waals surface area (Å²) in [5.41, 5.74) is 16.2. The fourth-order valence-corrected chi connectivity index (χ4v) is 2.58. The number of carbonyl (C=O) groups is 5. The fraction of sp³-hybridized carbons (Fsp3) is 0.647. The van der Waals surface area contributed by atoms with E-state index in [4.69, 9.17) is 27.4 Å². The third-order valence-electron chi connectivity index (χ3n) is 4.13. The van der Waals surface area contributed by atoms with Crippen LogP contribution < -0.4 is 33.2 Å². The fourth-order valence-electron chi connectivity index (χ4n) is 2.33. The molecule has 14 nitrogen and oxygen atoms in total. The van der Waals surface area contributed by atoms with Crippen LogP contribution in [0.2, 0.25) is 0 Å². The molecule has 0 saturated heterocycles. The molecule has 3 amide bonds. The van der Waals surface area contributed by atoms with E-state index in [2.05, 4.69) is 33.6 Å². The number of guanidine groups is 1. The maximum Gasteiger partial charge on any atom is 0.327 e. The van der Waals surface area contributed by atoms with Gasteiger partial charge in [-0.1, -0.05) is 0 Å². The van der Waals surface area contributed by atoms with Crippen LogP contribution in [0.5, 0.6) is 0 Å². The van der Waals surface area contributed by atoms with Crippen molar-refractivity contribution in [3.05, 3.63) is 0 Å². The number of hydrogen-bond acceptors (Lipinski definition) is 8. The zero-order valence-electron chi connectivity index (χ0n) is 17.6. The summed E-state index contributed by atoms with van der Waals surface area (Å²) in [4.78, 5) is 62.6. The number of aliphatic carboxylic acids is 2. The Morgan fingerprint density at radius 3 is 2.03 bits per heavy atom. The monoisotopic (exact) mass is 477 g/mol. The van der Waals surface area contributed by atoms with Crippen LogP contribution in [-0.4, -0.2) is 82.3 Å². The van der Waals surface area contributed by atoms with Crippen LogP contribution in [0.25, 0.3) is 0 Å². The SMILES string of the molecule is CC(NC(=O)C(CCC(=O)O)NC(=O)C(N)CCCN=C(N)N)C(=O)NC(CS)C(=O)O. The standard InChI is InChI=1S/C17H31N7O7S/c1-8(13(27)24-11(7-32)16(30)31)22-15(29)10(4-5-12(25)26)23-14(28)9(18)3-2-6-21-17(19)20/h8-11,32H,2-7,18H2,1H3,(H,22,29)(H,23,28)(H,24,27)(H,25,26)(H,30,31)(H4,19,20,21). The van der Waals surface area contributed by atoms with Crippen LogP contribution in [-0.2, 0) is 24.0 Å². The number of carboxylic acids is 2. The molecule has 0 aromatic carbocycles. The summed E-state index contributed by atoms with van der Waals surface area (Å²) in [6, 6.07) is -4.71. The van der Waals surface area contributed by atoms with Crippen molar-refractivity contribution in [2.45, 2.75) is 56.8 Å². The summed E-state index contributed by atoms with van der Waals surface area (Å²) in [5.74, 6) is -5.07. The van der Waals surface area contributed by atoms with Gasteiger partial charge >= 0.3 is 11.9 Å². The summed E-state index contributed by atoms with van der Waals surface area (Å²) in [6.45, 7) is 1.55. The lowest BCUT2D eigenvalue weighted by molar-refractivity contribution is -0.141. The van der Waals surface area contributed by atoms with Gasteiger partial charge in [0.2, 0.25) is 17.7 Å². The van der Waals surface area contributed by atoms with Crippen molar-refractivity contribution in [3.8, 4) is 0 Å². The van der Waals surface area contributed by atoms with E-state index in [-0.39, 0.29) is 31.1 Å². The Morgan fingerprint density at radius 1 is 0.938 bits per heavy atom. The lowest BCUT2D eigenvalue weighted by Crippen LogP contribution is -2.56. The number of hydrogen-bond donors (Lipinski definition) is 9. The molecule has 0 radical (unpaired) electrons. The topological polar surface area (TPSA) is 252 Å². The van der Waals surface area contributed by atoms with E-state index in [1.54, 1.807) is 0 Å². The van der Waals surface area contributed by atoms with Gasteiger partial charge in [-0.2, -0.15) is 12.6 Å². The maximum absolute atomic E-state index is 12.5. The van der Waals surface area contributed by atoms with E-state index >= 15 is 0 Å². The normalized spacial score (nSPS) is 14.2. The second kappa shape index (κ2) is 14.9. The molecular formula is C17H31N7O7S. The van der Waals surface area contributed by atoms with Gasteiger partial charge in [0.05, 0.1) is 6.04 Å². The molecule has 0 aliphatic heterocycles. The molecule has 32 heavy (non-hydrogen) atoms. The molecular weight excluding hydrogens is 446 g/mol. The average molecular weight is 478 g/mol. The minimum absolute atomic E-state index is 0.101. The van der Waals surface area contributed by atoms with Gasteiger partial charge in [-0.05, 0) is 26.2 Å². The van der Waals surface area contributed by atoms with Crippen LogP contribution in [0.15, 0.2) is 4.99 Å². The predicted octanol–water partition coefficient (Wildman–Crippen LogP) is -3.28. The van der Waals surface area contributed by atoms with E-state index in [1.807, 2.05) is 0 Å². The van der Waals surface area contributed by atoms with Crippen molar-refractivity contribution < 1.29 is 34.2 Å². The van der Waals surface area contributed by atoms with Crippen LogP contribution in [0.3, 0.4) is 0 Å². The highest BCUT2D eigenvalue weighted by atomic mass is 32.1. The van der Waals surface area contributed by atoms with E-state index in [9.17, 15) is 24.0 Å². The Bertz CT molecular complexity index is 715. The van der Waals surface area contributed by atoms with Gasteiger partial charge in [0.25, 0.3) is 0 Å². The summed E-state index contributed by atoms with van der Waals surface area (Å²) >= 11 is 3.83. The zero-order valence-corrected chi connectivity index (χ0v) is 18.5. The van der Waals surface area contributed by atoms with Crippen molar-refractivity contribution in [3.63, 3.8) is 0 Å². The van der Waals surface area contributed by atoms with Gasteiger partial charge in [-0.3, -0.25) is 24.2 Å². The number of rotatable bonds is 15. The number of nitrogens with zero attached hydrogens (tertiary/aromatic N) is 1. The van der Waals surface area contributed by atoms with Gasteiger partial charge in [0.1, 0.15) is 18.1 Å². The lowest BCUT2D eigenvalue weighted by Gasteiger charge is -2.23. The van der Waals surface area contributed by atoms with Gasteiger partial charge in [0, 0.05) is 18.7 Å². The molecule has 0 bridgehead atoms. The number of nitrogens with one attached hydrogen (secondary N) is 3. The molecule has 4 atom stereocenters. The van der Waals surface area contributed by atoms with Crippen LogP contribution in [0.1, 0.15) is 32.6 Å². The molecule has 0 rings (SSSR count). The molecule has 0 aliphatic rings. The van der Waals surface area contributed by atoms with E-state index in [0.717, 1.165) is 0 Å². The first-order chi connectivity index (χ1) is 14.9. The number of amides is 3. The number of aliphatic imine (C=N–C) groups is 1. The molecule has 182 valence electrons. The minimum atomic E-state index is -1.30. The molecule has 0 saturated carbocycles. The number of carboxylic acid groups (broad SMARTS) is 2. The van der Waals surface area contributed by atoms with Gasteiger partial charge < -0.3 is 43.4 Å². The molecule has 0 heterocycles. The summed E-state index contributed by atoms with van der Waals surface area (Å²) < 4.78 is 0.